The standard InChI is InChI=1S/C13H12FN3S/c14-11-3-1-2-4-12(11)17-13(18)16-9-10-5-7-15-8-6-10/h1-8H,9H2,(H2,16,17,18). The molecule has 5 heteroatoms. The number of pyridine rings is 1. The maximum absolute atomic E-state index is 13.4. The van der Waals surface area contributed by atoms with E-state index in [0.717, 1.165) is 5.56 Å². The number of hydrogen-bond donors (Lipinski definition) is 2. The van der Waals surface area contributed by atoms with E-state index in [1.807, 2.05) is 12.1 Å². The number of halogens is 1. The molecule has 2 N–H and O–H groups in total. The second-order valence-corrected chi connectivity index (χ2v) is 4.05. The molecule has 2 rings (SSSR count). The average molecular weight is 261 g/mol. The Bertz CT molecular complexity index is 531. The highest BCUT2D eigenvalue weighted by Gasteiger charge is 2.02. The minimum Gasteiger partial charge on any atom is -0.358 e. The third kappa shape index (κ3) is 3.49. The van der Waals surface area contributed by atoms with Crippen LogP contribution < -0.4 is 10.6 Å². The van der Waals surface area contributed by atoms with Gasteiger partial charge in [-0.1, -0.05) is 12.1 Å². The lowest BCUT2D eigenvalue weighted by Crippen LogP contribution is -2.28. The summed E-state index contributed by atoms with van der Waals surface area (Å²) in [6.45, 7) is 0.572. The maximum atomic E-state index is 13.4. The van der Waals surface area contributed by atoms with Crippen molar-refractivity contribution in [1.82, 2.24) is 10.3 Å². The quantitative estimate of drug-likeness (QED) is 0.833. The van der Waals surface area contributed by atoms with Crippen LogP contribution in [0.25, 0.3) is 0 Å². The molecule has 1 aromatic heterocycles. The fraction of sp³-hybridized carbons (Fsp3) is 0.0769. The van der Waals surface area contributed by atoms with Crippen molar-refractivity contribution in [2.75, 3.05) is 5.32 Å². The molecule has 3 nitrogen and oxygen atoms in total. The smallest absolute Gasteiger partial charge is 0.171 e. The zero-order chi connectivity index (χ0) is 12.8. The van der Waals surface area contributed by atoms with E-state index in [1.54, 1.807) is 30.6 Å². The number of benzene rings is 1. The number of rotatable bonds is 3. The Balaban J connectivity index is 1.88. The molecule has 1 heterocycles. The number of nitrogens with one attached hydrogen (secondary N) is 2. The van der Waals surface area contributed by atoms with Crippen LogP contribution in [0.4, 0.5) is 10.1 Å². The molecule has 0 aliphatic rings. The first-order valence-corrected chi connectivity index (χ1v) is 5.85. The molecule has 0 unspecified atom stereocenters. The predicted molar refractivity (Wildman–Crippen MR) is 73.7 cm³/mol. The van der Waals surface area contributed by atoms with E-state index in [4.69, 9.17) is 12.2 Å². The van der Waals surface area contributed by atoms with Crippen LogP contribution in [0.3, 0.4) is 0 Å². The third-order valence-corrected chi connectivity index (χ3v) is 2.57. The van der Waals surface area contributed by atoms with Crippen LogP contribution in [0.15, 0.2) is 48.8 Å². The molecule has 0 saturated heterocycles. The number of hydrogen-bond acceptors (Lipinski definition) is 2. The van der Waals surface area contributed by atoms with Crippen molar-refractivity contribution < 1.29 is 4.39 Å². The van der Waals surface area contributed by atoms with Crippen LogP contribution in [-0.2, 0) is 6.54 Å². The van der Waals surface area contributed by atoms with Gasteiger partial charge in [-0.05, 0) is 42.0 Å². The molecule has 0 radical (unpaired) electrons. The summed E-state index contributed by atoms with van der Waals surface area (Å²) < 4.78 is 13.4. The second kappa shape index (κ2) is 6.07. The number of thiocarbonyl (C=S) groups is 1. The van der Waals surface area contributed by atoms with Gasteiger partial charge in [0.15, 0.2) is 5.11 Å². The van der Waals surface area contributed by atoms with Crippen molar-refractivity contribution in [2.45, 2.75) is 6.54 Å². The second-order valence-electron chi connectivity index (χ2n) is 3.64. The zero-order valence-electron chi connectivity index (χ0n) is 9.56. The van der Waals surface area contributed by atoms with E-state index in [1.165, 1.54) is 6.07 Å². The van der Waals surface area contributed by atoms with E-state index < -0.39 is 0 Å². The molecule has 0 saturated carbocycles. The SMILES string of the molecule is Fc1ccccc1NC(=S)NCc1ccncc1. The van der Waals surface area contributed by atoms with E-state index in [2.05, 4.69) is 15.6 Å². The van der Waals surface area contributed by atoms with E-state index in [-0.39, 0.29) is 5.82 Å². The highest BCUT2D eigenvalue weighted by Crippen LogP contribution is 2.11. The van der Waals surface area contributed by atoms with Gasteiger partial charge in [0, 0.05) is 18.9 Å². The summed E-state index contributed by atoms with van der Waals surface area (Å²) in [5.74, 6) is -0.328. The van der Waals surface area contributed by atoms with E-state index in [9.17, 15) is 4.39 Å². The van der Waals surface area contributed by atoms with Crippen molar-refractivity contribution in [1.29, 1.82) is 0 Å². The molecular formula is C13H12FN3S. The number of nitrogens with zero attached hydrogens (tertiary/aromatic N) is 1. The number of para-hydroxylation sites is 1. The zero-order valence-corrected chi connectivity index (χ0v) is 10.4. The van der Waals surface area contributed by atoms with Gasteiger partial charge in [-0.25, -0.2) is 4.39 Å². The minimum absolute atomic E-state index is 0.328. The first-order chi connectivity index (χ1) is 8.75. The summed E-state index contributed by atoms with van der Waals surface area (Å²) in [7, 11) is 0. The van der Waals surface area contributed by atoms with Crippen molar-refractivity contribution >= 4 is 23.0 Å². The van der Waals surface area contributed by atoms with Crippen molar-refractivity contribution in [2.24, 2.45) is 0 Å². The van der Waals surface area contributed by atoms with Crippen LogP contribution in [0, 0.1) is 5.82 Å². The Labute approximate surface area is 110 Å². The molecule has 0 aliphatic heterocycles. The predicted octanol–water partition coefficient (Wildman–Crippen LogP) is 2.71. The Morgan fingerprint density at radius 2 is 1.89 bits per heavy atom. The Morgan fingerprint density at radius 1 is 1.17 bits per heavy atom. The lowest BCUT2D eigenvalue weighted by molar-refractivity contribution is 0.632. The molecular weight excluding hydrogens is 249 g/mol. The lowest BCUT2D eigenvalue weighted by Gasteiger charge is -2.10. The monoisotopic (exact) mass is 261 g/mol. The summed E-state index contributed by atoms with van der Waals surface area (Å²) in [6, 6.07) is 10.2. The molecule has 2 aromatic rings. The summed E-state index contributed by atoms with van der Waals surface area (Å²) in [5.41, 5.74) is 1.42. The maximum Gasteiger partial charge on any atom is 0.171 e. The van der Waals surface area contributed by atoms with Crippen molar-refractivity contribution in [3.63, 3.8) is 0 Å². The molecule has 0 aliphatic carbocycles. The topological polar surface area (TPSA) is 37.0 Å². The van der Waals surface area contributed by atoms with Gasteiger partial charge >= 0.3 is 0 Å². The Morgan fingerprint density at radius 3 is 2.61 bits per heavy atom. The molecule has 0 spiro atoms. The molecule has 0 atom stereocenters. The van der Waals surface area contributed by atoms with Gasteiger partial charge in [-0.15, -0.1) is 0 Å². The Kier molecular flexibility index (Phi) is 4.20. The van der Waals surface area contributed by atoms with Gasteiger partial charge in [-0.3, -0.25) is 4.98 Å². The van der Waals surface area contributed by atoms with Crippen LogP contribution in [0.1, 0.15) is 5.56 Å². The van der Waals surface area contributed by atoms with Crippen LogP contribution in [0.5, 0.6) is 0 Å². The fourth-order valence-corrected chi connectivity index (χ4v) is 1.59. The highest BCUT2D eigenvalue weighted by molar-refractivity contribution is 7.80. The summed E-state index contributed by atoms with van der Waals surface area (Å²) in [4.78, 5) is 3.93. The lowest BCUT2D eigenvalue weighted by atomic mass is 10.3. The van der Waals surface area contributed by atoms with Crippen LogP contribution in [-0.4, -0.2) is 10.1 Å². The molecule has 18 heavy (non-hydrogen) atoms. The third-order valence-electron chi connectivity index (χ3n) is 2.32. The fourth-order valence-electron chi connectivity index (χ4n) is 1.41. The summed E-state index contributed by atoms with van der Waals surface area (Å²) in [6.07, 6.45) is 3.43. The van der Waals surface area contributed by atoms with Gasteiger partial charge in [-0.2, -0.15) is 0 Å². The van der Waals surface area contributed by atoms with Gasteiger partial charge in [0.2, 0.25) is 0 Å². The number of anilines is 1. The first kappa shape index (κ1) is 12.4. The van der Waals surface area contributed by atoms with Gasteiger partial charge in [0.25, 0.3) is 0 Å². The summed E-state index contributed by atoms with van der Waals surface area (Å²) >= 11 is 5.09. The molecule has 1 aromatic carbocycles. The van der Waals surface area contributed by atoms with E-state index in [0.29, 0.717) is 17.3 Å². The molecule has 0 amide bonds. The molecule has 92 valence electrons. The van der Waals surface area contributed by atoms with Gasteiger partial charge in [0.1, 0.15) is 5.82 Å². The number of aromatic nitrogens is 1. The van der Waals surface area contributed by atoms with Crippen molar-refractivity contribution in [3.05, 3.63) is 60.2 Å². The van der Waals surface area contributed by atoms with Crippen LogP contribution >= 0.6 is 12.2 Å². The Hall–Kier alpha value is -2.01. The molecule has 0 bridgehead atoms. The largest absolute Gasteiger partial charge is 0.358 e. The van der Waals surface area contributed by atoms with Crippen molar-refractivity contribution in [3.8, 4) is 0 Å². The van der Waals surface area contributed by atoms with Crippen LogP contribution in [0.2, 0.25) is 0 Å². The minimum atomic E-state index is -0.328. The van der Waals surface area contributed by atoms with E-state index >= 15 is 0 Å². The van der Waals surface area contributed by atoms with Gasteiger partial charge in [0.05, 0.1) is 5.69 Å². The summed E-state index contributed by atoms with van der Waals surface area (Å²) in [5, 5.41) is 6.20. The highest BCUT2D eigenvalue weighted by atomic mass is 32.1. The normalized spacial score (nSPS) is 9.83. The first-order valence-electron chi connectivity index (χ1n) is 5.44. The average Bonchev–Trinajstić information content (AvgIpc) is 2.40. The van der Waals surface area contributed by atoms with Gasteiger partial charge < -0.3 is 10.6 Å². The molecule has 0 fully saturated rings.